The molecule has 1 N–H and O–H groups in total. The van der Waals surface area contributed by atoms with Crippen LogP contribution in [0, 0.1) is 0 Å². The van der Waals surface area contributed by atoms with Crippen molar-refractivity contribution in [2.75, 3.05) is 42.1 Å². The first kappa shape index (κ1) is 14.7. The van der Waals surface area contributed by atoms with E-state index in [-0.39, 0.29) is 0 Å². The monoisotopic (exact) mass is 300 g/mol. The maximum Gasteiger partial charge on any atom is 0.229 e. The number of sulfonamides is 1. The van der Waals surface area contributed by atoms with E-state index in [1.165, 1.54) is 30.2 Å². The lowest BCUT2D eigenvalue weighted by atomic mass is 10.1. The van der Waals surface area contributed by atoms with Crippen LogP contribution in [0.25, 0.3) is 0 Å². The van der Waals surface area contributed by atoms with Crippen LogP contribution in [0.2, 0.25) is 0 Å². The SMILES string of the molecule is CS(=O)(=O)Nc1ccc(CCN2CCSCC2)cc1. The lowest BCUT2D eigenvalue weighted by molar-refractivity contribution is 0.306. The van der Waals surface area contributed by atoms with E-state index < -0.39 is 10.0 Å². The van der Waals surface area contributed by atoms with E-state index in [2.05, 4.69) is 9.62 Å². The Hall–Kier alpha value is -0.720. The van der Waals surface area contributed by atoms with E-state index >= 15 is 0 Å². The van der Waals surface area contributed by atoms with Crippen molar-refractivity contribution in [2.24, 2.45) is 0 Å². The Morgan fingerprint density at radius 1 is 1.21 bits per heavy atom. The molecule has 1 aromatic rings. The zero-order chi connectivity index (χ0) is 13.7. The van der Waals surface area contributed by atoms with Gasteiger partial charge in [0.2, 0.25) is 10.0 Å². The topological polar surface area (TPSA) is 49.4 Å². The molecule has 2 rings (SSSR count). The summed E-state index contributed by atoms with van der Waals surface area (Å²) in [6, 6.07) is 7.63. The van der Waals surface area contributed by atoms with Crippen LogP contribution in [-0.2, 0) is 16.4 Å². The molecule has 4 nitrogen and oxygen atoms in total. The standard InChI is InChI=1S/C13H20N2O2S2/c1-19(16,17)14-13-4-2-12(3-5-13)6-7-15-8-10-18-11-9-15/h2-5,14H,6-11H2,1H3. The number of hydrogen-bond acceptors (Lipinski definition) is 4. The van der Waals surface area contributed by atoms with Crippen LogP contribution < -0.4 is 4.72 Å². The number of nitrogens with zero attached hydrogens (tertiary/aromatic N) is 1. The third kappa shape index (κ3) is 5.42. The fraction of sp³-hybridized carbons (Fsp3) is 0.538. The zero-order valence-corrected chi connectivity index (χ0v) is 12.8. The van der Waals surface area contributed by atoms with Crippen molar-refractivity contribution in [3.05, 3.63) is 29.8 Å². The number of benzene rings is 1. The molecule has 1 aromatic carbocycles. The average Bonchev–Trinajstić information content (AvgIpc) is 2.37. The molecule has 1 aliphatic heterocycles. The summed E-state index contributed by atoms with van der Waals surface area (Å²) < 4.78 is 24.7. The van der Waals surface area contributed by atoms with Crippen molar-refractivity contribution < 1.29 is 8.42 Å². The predicted octanol–water partition coefficient (Wildman–Crippen LogP) is 1.65. The second-order valence-electron chi connectivity index (χ2n) is 4.78. The minimum absolute atomic E-state index is 0.626. The third-order valence-corrected chi connectivity index (χ3v) is 4.63. The molecule has 0 atom stereocenters. The van der Waals surface area contributed by atoms with Gasteiger partial charge in [-0.25, -0.2) is 8.42 Å². The highest BCUT2D eigenvalue weighted by atomic mass is 32.2. The van der Waals surface area contributed by atoms with Crippen molar-refractivity contribution in [1.29, 1.82) is 0 Å². The summed E-state index contributed by atoms with van der Waals surface area (Å²) in [6.45, 7) is 3.44. The Bertz CT molecular complexity index is 494. The molecule has 1 heterocycles. The molecule has 0 saturated carbocycles. The minimum atomic E-state index is -3.18. The fourth-order valence-electron chi connectivity index (χ4n) is 2.07. The number of thioether (sulfide) groups is 1. The summed E-state index contributed by atoms with van der Waals surface area (Å²) >= 11 is 2.02. The van der Waals surface area contributed by atoms with Gasteiger partial charge in [-0.15, -0.1) is 0 Å². The summed E-state index contributed by atoms with van der Waals surface area (Å²) in [5, 5.41) is 0. The zero-order valence-electron chi connectivity index (χ0n) is 11.1. The summed E-state index contributed by atoms with van der Waals surface area (Å²) in [5.74, 6) is 2.47. The van der Waals surface area contributed by atoms with Crippen LogP contribution in [0.15, 0.2) is 24.3 Å². The van der Waals surface area contributed by atoms with Gasteiger partial charge in [-0.05, 0) is 24.1 Å². The van der Waals surface area contributed by atoms with Gasteiger partial charge >= 0.3 is 0 Å². The van der Waals surface area contributed by atoms with Crippen molar-refractivity contribution >= 4 is 27.5 Å². The molecule has 1 saturated heterocycles. The molecule has 106 valence electrons. The second-order valence-corrected chi connectivity index (χ2v) is 7.75. The smallest absolute Gasteiger partial charge is 0.229 e. The highest BCUT2D eigenvalue weighted by Crippen LogP contribution is 2.13. The van der Waals surface area contributed by atoms with Crippen molar-refractivity contribution in [3.8, 4) is 0 Å². The van der Waals surface area contributed by atoms with Gasteiger partial charge in [0.15, 0.2) is 0 Å². The molecule has 6 heteroatoms. The molecule has 0 unspecified atom stereocenters. The molecule has 0 spiro atoms. The Balaban J connectivity index is 1.84. The van der Waals surface area contributed by atoms with Crippen molar-refractivity contribution in [1.82, 2.24) is 4.90 Å². The predicted molar refractivity (Wildman–Crippen MR) is 82.4 cm³/mol. The molecule has 0 amide bonds. The molecule has 0 radical (unpaired) electrons. The van der Waals surface area contributed by atoms with Crippen molar-refractivity contribution in [2.45, 2.75) is 6.42 Å². The molecule has 1 aliphatic rings. The van der Waals surface area contributed by atoms with E-state index in [0.717, 1.165) is 19.2 Å². The van der Waals surface area contributed by atoms with Crippen LogP contribution in [0.4, 0.5) is 5.69 Å². The second kappa shape index (κ2) is 6.63. The molecule has 0 aliphatic carbocycles. The molecule has 0 aromatic heterocycles. The van der Waals surface area contributed by atoms with Crippen LogP contribution in [0.1, 0.15) is 5.56 Å². The highest BCUT2D eigenvalue weighted by molar-refractivity contribution is 7.99. The van der Waals surface area contributed by atoms with Gasteiger partial charge in [0.05, 0.1) is 6.26 Å². The van der Waals surface area contributed by atoms with Crippen molar-refractivity contribution in [3.63, 3.8) is 0 Å². The minimum Gasteiger partial charge on any atom is -0.301 e. The summed E-state index contributed by atoms with van der Waals surface area (Å²) in [7, 11) is -3.18. The normalized spacial score (nSPS) is 17.3. The van der Waals surface area contributed by atoms with Gasteiger partial charge in [-0.2, -0.15) is 11.8 Å². The summed E-state index contributed by atoms with van der Waals surface area (Å²) in [5.41, 5.74) is 1.87. The Kier molecular flexibility index (Phi) is 5.13. The first-order chi connectivity index (χ1) is 9.03. The largest absolute Gasteiger partial charge is 0.301 e. The number of anilines is 1. The van der Waals surface area contributed by atoms with Gasteiger partial charge in [-0.1, -0.05) is 12.1 Å². The quantitative estimate of drug-likeness (QED) is 0.898. The number of nitrogens with one attached hydrogen (secondary N) is 1. The molecule has 19 heavy (non-hydrogen) atoms. The van der Waals surface area contributed by atoms with Gasteiger partial charge in [0.25, 0.3) is 0 Å². The first-order valence-electron chi connectivity index (χ1n) is 6.40. The van der Waals surface area contributed by atoms with E-state index in [9.17, 15) is 8.42 Å². The first-order valence-corrected chi connectivity index (χ1v) is 9.44. The summed E-state index contributed by atoms with van der Waals surface area (Å²) in [6.07, 6.45) is 2.18. The van der Waals surface area contributed by atoms with E-state index in [1.807, 2.05) is 36.0 Å². The molecular formula is C13H20N2O2S2. The van der Waals surface area contributed by atoms with E-state index in [1.54, 1.807) is 0 Å². The van der Waals surface area contributed by atoms with Gasteiger partial charge < -0.3 is 4.90 Å². The van der Waals surface area contributed by atoms with E-state index in [4.69, 9.17) is 0 Å². The summed E-state index contributed by atoms with van der Waals surface area (Å²) in [4.78, 5) is 2.49. The van der Waals surface area contributed by atoms with Gasteiger partial charge in [0, 0.05) is 36.8 Å². The maximum atomic E-state index is 11.1. The average molecular weight is 300 g/mol. The van der Waals surface area contributed by atoms with Gasteiger partial charge in [0.1, 0.15) is 0 Å². The number of rotatable bonds is 5. The lowest BCUT2D eigenvalue weighted by Crippen LogP contribution is -2.34. The van der Waals surface area contributed by atoms with Crippen LogP contribution in [0.5, 0.6) is 0 Å². The Labute approximate surface area is 119 Å². The fourth-order valence-corrected chi connectivity index (χ4v) is 3.61. The van der Waals surface area contributed by atoms with Crippen LogP contribution in [0.3, 0.4) is 0 Å². The molecule has 1 fully saturated rings. The lowest BCUT2D eigenvalue weighted by Gasteiger charge is -2.26. The molecular weight excluding hydrogens is 280 g/mol. The van der Waals surface area contributed by atoms with Gasteiger partial charge in [-0.3, -0.25) is 4.72 Å². The molecule has 0 bridgehead atoms. The third-order valence-electron chi connectivity index (χ3n) is 3.08. The Morgan fingerprint density at radius 3 is 2.42 bits per heavy atom. The van der Waals surface area contributed by atoms with E-state index in [0.29, 0.717) is 5.69 Å². The van der Waals surface area contributed by atoms with Crippen LogP contribution in [-0.4, -0.2) is 50.7 Å². The maximum absolute atomic E-state index is 11.1. The highest BCUT2D eigenvalue weighted by Gasteiger charge is 2.09. The number of hydrogen-bond donors (Lipinski definition) is 1. The van der Waals surface area contributed by atoms with Crippen LogP contribution >= 0.6 is 11.8 Å². The Morgan fingerprint density at radius 2 is 1.84 bits per heavy atom.